The molecular weight excluding hydrogens is 416 g/mol. The average Bonchev–Trinajstić information content (AvgIpc) is 3.12. The van der Waals surface area contributed by atoms with Gasteiger partial charge in [-0.1, -0.05) is 0 Å². The maximum absolute atomic E-state index is 12.3. The van der Waals surface area contributed by atoms with E-state index in [1.54, 1.807) is 37.3 Å². The maximum Gasteiger partial charge on any atom is 0.338 e. The SMILES string of the molecule is CCOC(=O)c1cc(Oc2nc(C)nc3sc4c(c23)CCCC4)cc(C(=O)OCC)c1. The molecule has 0 saturated carbocycles. The minimum atomic E-state index is -0.532. The highest BCUT2D eigenvalue weighted by molar-refractivity contribution is 7.18. The van der Waals surface area contributed by atoms with Gasteiger partial charge in [-0.25, -0.2) is 14.6 Å². The van der Waals surface area contributed by atoms with Crippen molar-refractivity contribution in [2.75, 3.05) is 13.2 Å². The molecule has 7 nitrogen and oxygen atoms in total. The van der Waals surface area contributed by atoms with Crippen LogP contribution in [0.5, 0.6) is 11.6 Å². The molecule has 1 aliphatic rings. The van der Waals surface area contributed by atoms with Gasteiger partial charge in [-0.2, -0.15) is 4.98 Å². The standard InChI is InChI=1S/C23H24N2O5S/c1-4-28-22(26)14-10-15(23(27)29-5-2)12-16(11-14)30-20-19-17-8-6-7-9-18(17)31-21(19)25-13(3)24-20/h10-12H,4-9H2,1-3H3. The smallest absolute Gasteiger partial charge is 0.338 e. The predicted molar refractivity (Wildman–Crippen MR) is 117 cm³/mol. The molecule has 0 fully saturated rings. The number of nitrogens with zero attached hydrogens (tertiary/aromatic N) is 2. The topological polar surface area (TPSA) is 87.6 Å². The zero-order valence-electron chi connectivity index (χ0n) is 17.8. The molecule has 1 aromatic carbocycles. The molecule has 2 aromatic heterocycles. The van der Waals surface area contributed by atoms with E-state index in [4.69, 9.17) is 14.2 Å². The summed E-state index contributed by atoms with van der Waals surface area (Å²) in [5.41, 5.74) is 1.68. The number of benzene rings is 1. The van der Waals surface area contributed by atoms with Crippen LogP contribution in [0.3, 0.4) is 0 Å². The number of aromatic nitrogens is 2. The Kier molecular flexibility index (Phi) is 6.18. The van der Waals surface area contributed by atoms with Crippen molar-refractivity contribution in [3.05, 3.63) is 45.6 Å². The van der Waals surface area contributed by atoms with Gasteiger partial charge in [0, 0.05) is 4.88 Å². The minimum Gasteiger partial charge on any atom is -0.462 e. The fourth-order valence-corrected chi connectivity index (χ4v) is 5.03. The number of rotatable bonds is 6. The van der Waals surface area contributed by atoms with Gasteiger partial charge in [-0.05, 0) is 70.2 Å². The van der Waals surface area contributed by atoms with Gasteiger partial charge in [0.25, 0.3) is 0 Å². The number of carbonyl (C=O) groups is 2. The fourth-order valence-electron chi connectivity index (χ4n) is 3.73. The van der Waals surface area contributed by atoms with Crippen LogP contribution < -0.4 is 4.74 Å². The van der Waals surface area contributed by atoms with Crippen molar-refractivity contribution in [1.82, 2.24) is 9.97 Å². The van der Waals surface area contributed by atoms with Crippen LogP contribution in [0.2, 0.25) is 0 Å². The van der Waals surface area contributed by atoms with Gasteiger partial charge in [-0.3, -0.25) is 0 Å². The first-order valence-electron chi connectivity index (χ1n) is 10.5. The Balaban J connectivity index is 1.79. The molecule has 162 valence electrons. The fraction of sp³-hybridized carbons (Fsp3) is 0.391. The van der Waals surface area contributed by atoms with Crippen molar-refractivity contribution < 1.29 is 23.8 Å². The number of thiophene rings is 1. The molecule has 0 N–H and O–H groups in total. The Hall–Kier alpha value is -3.00. The number of esters is 2. The van der Waals surface area contributed by atoms with Crippen molar-refractivity contribution in [2.45, 2.75) is 46.5 Å². The van der Waals surface area contributed by atoms with Gasteiger partial charge < -0.3 is 14.2 Å². The van der Waals surface area contributed by atoms with Crippen LogP contribution >= 0.6 is 11.3 Å². The van der Waals surface area contributed by atoms with E-state index in [1.807, 2.05) is 6.92 Å². The van der Waals surface area contributed by atoms with E-state index in [0.29, 0.717) is 17.5 Å². The predicted octanol–water partition coefficient (Wildman–Crippen LogP) is 5.02. The van der Waals surface area contributed by atoms with E-state index in [-0.39, 0.29) is 24.3 Å². The number of carbonyl (C=O) groups excluding carboxylic acids is 2. The van der Waals surface area contributed by atoms with Gasteiger partial charge in [0.15, 0.2) is 0 Å². The summed E-state index contributed by atoms with van der Waals surface area (Å²) >= 11 is 1.69. The van der Waals surface area contributed by atoms with E-state index in [0.717, 1.165) is 29.5 Å². The summed E-state index contributed by atoms with van der Waals surface area (Å²) < 4.78 is 16.4. The molecule has 4 rings (SSSR count). The average molecular weight is 441 g/mol. The lowest BCUT2D eigenvalue weighted by Gasteiger charge is -2.13. The first-order valence-corrected chi connectivity index (χ1v) is 11.3. The third-order valence-corrected chi connectivity index (χ3v) is 6.22. The molecule has 31 heavy (non-hydrogen) atoms. The second-order valence-corrected chi connectivity index (χ2v) is 8.34. The van der Waals surface area contributed by atoms with Crippen molar-refractivity contribution in [3.8, 4) is 11.6 Å². The summed E-state index contributed by atoms with van der Waals surface area (Å²) in [6, 6.07) is 4.57. The molecule has 2 heterocycles. The third-order valence-electron chi connectivity index (χ3n) is 5.04. The quantitative estimate of drug-likeness (QED) is 0.497. The Morgan fingerprint density at radius 3 is 2.26 bits per heavy atom. The second kappa shape index (κ2) is 9.01. The highest BCUT2D eigenvalue weighted by Crippen LogP contribution is 2.40. The largest absolute Gasteiger partial charge is 0.462 e. The molecule has 0 amide bonds. The Morgan fingerprint density at radius 1 is 0.968 bits per heavy atom. The normalized spacial score (nSPS) is 13.0. The lowest BCUT2D eigenvalue weighted by Crippen LogP contribution is -2.10. The molecule has 0 spiro atoms. The van der Waals surface area contributed by atoms with Crippen LogP contribution in [0.4, 0.5) is 0 Å². The molecule has 1 aliphatic carbocycles. The van der Waals surface area contributed by atoms with E-state index < -0.39 is 11.9 Å². The summed E-state index contributed by atoms with van der Waals surface area (Å²) in [6.07, 6.45) is 4.31. The van der Waals surface area contributed by atoms with Crippen LogP contribution in [0.15, 0.2) is 18.2 Å². The molecule has 8 heteroatoms. The molecule has 0 radical (unpaired) electrons. The summed E-state index contributed by atoms with van der Waals surface area (Å²) in [6.45, 7) is 5.73. The number of fused-ring (bicyclic) bond motifs is 3. The van der Waals surface area contributed by atoms with Gasteiger partial charge in [0.2, 0.25) is 5.88 Å². The summed E-state index contributed by atoms with van der Waals surface area (Å²) in [4.78, 5) is 36.1. The van der Waals surface area contributed by atoms with Gasteiger partial charge in [-0.15, -0.1) is 11.3 Å². The van der Waals surface area contributed by atoms with Crippen LogP contribution in [-0.2, 0) is 22.3 Å². The highest BCUT2D eigenvalue weighted by Gasteiger charge is 2.23. The van der Waals surface area contributed by atoms with E-state index in [2.05, 4.69) is 9.97 Å². The second-order valence-electron chi connectivity index (χ2n) is 7.26. The van der Waals surface area contributed by atoms with Crippen molar-refractivity contribution in [2.24, 2.45) is 0 Å². The van der Waals surface area contributed by atoms with E-state index in [9.17, 15) is 9.59 Å². The van der Waals surface area contributed by atoms with Gasteiger partial charge in [0.1, 0.15) is 16.4 Å². The number of hydrogen-bond acceptors (Lipinski definition) is 8. The molecule has 3 aromatic rings. The first-order chi connectivity index (χ1) is 15.0. The van der Waals surface area contributed by atoms with E-state index >= 15 is 0 Å². The molecule has 0 atom stereocenters. The Labute approximate surface area is 184 Å². The molecule has 0 unspecified atom stereocenters. The van der Waals surface area contributed by atoms with Crippen LogP contribution in [0.25, 0.3) is 10.2 Å². The molecule has 0 saturated heterocycles. The van der Waals surface area contributed by atoms with Gasteiger partial charge in [0.05, 0.1) is 29.7 Å². The maximum atomic E-state index is 12.3. The summed E-state index contributed by atoms with van der Waals surface area (Å²) in [5, 5.41) is 0.921. The van der Waals surface area contributed by atoms with E-state index in [1.165, 1.54) is 22.9 Å². The number of aryl methyl sites for hydroxylation is 3. The Morgan fingerprint density at radius 2 is 1.61 bits per heavy atom. The molecular formula is C23H24N2O5S. The molecule has 0 aliphatic heterocycles. The lowest BCUT2D eigenvalue weighted by molar-refractivity contribution is 0.0524. The monoisotopic (exact) mass is 440 g/mol. The van der Waals surface area contributed by atoms with Crippen LogP contribution in [-0.4, -0.2) is 35.1 Å². The minimum absolute atomic E-state index is 0.219. The third kappa shape index (κ3) is 4.39. The zero-order valence-corrected chi connectivity index (χ0v) is 18.6. The number of hydrogen-bond donors (Lipinski definition) is 0. The van der Waals surface area contributed by atoms with Crippen molar-refractivity contribution in [3.63, 3.8) is 0 Å². The Bertz CT molecular complexity index is 1120. The van der Waals surface area contributed by atoms with Gasteiger partial charge >= 0.3 is 11.9 Å². The lowest BCUT2D eigenvalue weighted by atomic mass is 9.97. The van der Waals surface area contributed by atoms with Crippen molar-refractivity contribution in [1.29, 1.82) is 0 Å². The number of ether oxygens (including phenoxy) is 3. The van der Waals surface area contributed by atoms with Crippen LogP contribution in [0, 0.1) is 6.92 Å². The first kappa shape index (κ1) is 21.2. The highest BCUT2D eigenvalue weighted by atomic mass is 32.1. The summed E-state index contributed by atoms with van der Waals surface area (Å²) in [7, 11) is 0. The van der Waals surface area contributed by atoms with Crippen LogP contribution in [0.1, 0.15) is 63.7 Å². The zero-order chi connectivity index (χ0) is 22.0. The van der Waals surface area contributed by atoms with Crippen molar-refractivity contribution >= 4 is 33.5 Å². The molecule has 0 bridgehead atoms. The summed E-state index contributed by atoms with van der Waals surface area (Å²) in [5.74, 6) is 0.306.